The molecule has 7 heteroatoms. The van der Waals surface area contributed by atoms with Gasteiger partial charge in [-0.25, -0.2) is 9.97 Å². The van der Waals surface area contributed by atoms with E-state index in [0.29, 0.717) is 11.6 Å². The fourth-order valence-electron chi connectivity index (χ4n) is 1.81. The molecule has 0 aliphatic carbocycles. The Morgan fingerprint density at radius 1 is 1.33 bits per heavy atom. The van der Waals surface area contributed by atoms with E-state index in [1.165, 1.54) is 6.20 Å². The molecule has 1 saturated heterocycles. The van der Waals surface area contributed by atoms with Gasteiger partial charge in [0.1, 0.15) is 0 Å². The molecule has 0 unspecified atom stereocenters. The van der Waals surface area contributed by atoms with Gasteiger partial charge in [0, 0.05) is 37.9 Å². The number of nitrogens with zero attached hydrogens (tertiary/aromatic N) is 4. The van der Waals surface area contributed by atoms with Gasteiger partial charge < -0.3 is 19.7 Å². The van der Waals surface area contributed by atoms with Crippen molar-refractivity contribution in [2.45, 2.75) is 6.92 Å². The first-order chi connectivity index (χ1) is 8.08. The maximum absolute atomic E-state index is 10.7. The second-order valence-corrected chi connectivity index (χ2v) is 4.25. The molecule has 0 atom stereocenters. The molecule has 1 fully saturated rings. The zero-order valence-corrected chi connectivity index (χ0v) is 14.1. The summed E-state index contributed by atoms with van der Waals surface area (Å²) in [6.07, 6.45) is 1.32. The topological polar surface area (TPSA) is 72.4 Å². The number of carboxylic acids is 1. The van der Waals surface area contributed by atoms with Crippen LogP contribution in [0.3, 0.4) is 0 Å². The van der Waals surface area contributed by atoms with Gasteiger partial charge in [-0.15, -0.1) is 0 Å². The van der Waals surface area contributed by atoms with Crippen molar-refractivity contribution in [3.05, 3.63) is 17.5 Å². The molecule has 1 aliphatic heterocycles. The summed E-state index contributed by atoms with van der Waals surface area (Å²) >= 11 is 0. The summed E-state index contributed by atoms with van der Waals surface area (Å²) in [6, 6.07) is 0. The zero-order chi connectivity index (χ0) is 12.4. The van der Waals surface area contributed by atoms with Crippen molar-refractivity contribution in [1.29, 1.82) is 0 Å². The number of likely N-dealkylation sites (N-methyl/N-ethyl adjacent to an activating group) is 1. The number of piperazine rings is 1. The standard InChI is InChI=1S/C11H16N4O2.K/c1-8-9(10(16)17)7-12-11(13-8)15-5-3-14(2)4-6-15;/h7H,3-6H2,1-2H3,(H,16,17);/q;+1/p-1. The Hall–Kier alpha value is -0.0536. The average molecular weight is 274 g/mol. The third kappa shape index (κ3) is 3.72. The van der Waals surface area contributed by atoms with Crippen LogP contribution in [0.15, 0.2) is 6.20 Å². The predicted octanol–water partition coefficient (Wildman–Crippen LogP) is -4.10. The normalized spacial score (nSPS) is 16.2. The van der Waals surface area contributed by atoms with Crippen molar-refractivity contribution < 1.29 is 61.3 Å². The van der Waals surface area contributed by atoms with E-state index in [0.717, 1.165) is 26.2 Å². The molecule has 0 spiro atoms. The van der Waals surface area contributed by atoms with Crippen molar-refractivity contribution in [2.24, 2.45) is 0 Å². The summed E-state index contributed by atoms with van der Waals surface area (Å²) in [7, 11) is 2.07. The molecule has 6 nitrogen and oxygen atoms in total. The monoisotopic (exact) mass is 274 g/mol. The van der Waals surface area contributed by atoms with Crippen molar-refractivity contribution in [1.82, 2.24) is 14.9 Å². The van der Waals surface area contributed by atoms with E-state index < -0.39 is 5.97 Å². The number of rotatable bonds is 2. The minimum atomic E-state index is -1.23. The van der Waals surface area contributed by atoms with E-state index in [9.17, 15) is 9.90 Å². The Kier molecular flexibility index (Phi) is 6.16. The first kappa shape index (κ1) is 16.0. The van der Waals surface area contributed by atoms with Gasteiger partial charge in [-0.05, 0) is 14.0 Å². The quantitative estimate of drug-likeness (QED) is 0.511. The summed E-state index contributed by atoms with van der Waals surface area (Å²) in [6.45, 7) is 5.31. The molecular weight excluding hydrogens is 259 g/mol. The number of aryl methyl sites for hydroxylation is 1. The summed E-state index contributed by atoms with van der Waals surface area (Å²) in [4.78, 5) is 23.3. The Morgan fingerprint density at radius 2 is 1.94 bits per heavy atom. The Balaban J connectivity index is 0.00000162. The Labute approximate surface area is 149 Å². The number of aromatic carboxylic acids is 1. The van der Waals surface area contributed by atoms with E-state index in [2.05, 4.69) is 26.8 Å². The van der Waals surface area contributed by atoms with E-state index in [4.69, 9.17) is 0 Å². The summed E-state index contributed by atoms with van der Waals surface area (Å²) in [5.41, 5.74) is 0.511. The van der Waals surface area contributed by atoms with Crippen LogP contribution in [0.1, 0.15) is 16.1 Å². The molecule has 18 heavy (non-hydrogen) atoms. The van der Waals surface area contributed by atoms with Gasteiger partial charge in [0.15, 0.2) is 0 Å². The SMILES string of the molecule is Cc1nc(N2CCN(C)CC2)ncc1C(=O)[O-].[K+]. The molecular formula is C11H15KN4O2. The molecule has 2 rings (SSSR count). The second kappa shape index (κ2) is 6.92. The number of hydrogen-bond acceptors (Lipinski definition) is 6. The van der Waals surface area contributed by atoms with Crippen LogP contribution in [0, 0.1) is 6.92 Å². The number of hydrogen-bond donors (Lipinski definition) is 0. The first-order valence-corrected chi connectivity index (χ1v) is 5.56. The maximum Gasteiger partial charge on any atom is 1.00 e. The number of carbonyl (C=O) groups is 1. The Bertz CT molecular complexity index is 433. The van der Waals surface area contributed by atoms with E-state index >= 15 is 0 Å². The average Bonchev–Trinajstić information content (AvgIpc) is 2.29. The largest absolute Gasteiger partial charge is 1.00 e. The number of carboxylic acid groups (broad SMARTS) is 1. The number of carbonyl (C=O) groups excluding carboxylic acids is 1. The van der Waals surface area contributed by atoms with Crippen LogP contribution in [-0.4, -0.2) is 54.1 Å². The summed E-state index contributed by atoms with van der Waals surface area (Å²) in [5.74, 6) is -0.631. The van der Waals surface area contributed by atoms with Gasteiger partial charge in [0.2, 0.25) is 5.95 Å². The summed E-state index contributed by atoms with van der Waals surface area (Å²) < 4.78 is 0. The number of anilines is 1. The molecule has 2 heterocycles. The molecule has 0 N–H and O–H groups in total. The molecule has 0 aromatic carbocycles. The Morgan fingerprint density at radius 3 is 2.44 bits per heavy atom. The van der Waals surface area contributed by atoms with Crippen LogP contribution < -0.4 is 61.4 Å². The maximum atomic E-state index is 10.7. The van der Waals surface area contributed by atoms with Gasteiger partial charge in [0.05, 0.1) is 11.7 Å². The van der Waals surface area contributed by atoms with Crippen LogP contribution in [0.2, 0.25) is 0 Å². The van der Waals surface area contributed by atoms with Gasteiger partial charge in [0.25, 0.3) is 0 Å². The molecule has 0 amide bonds. The van der Waals surface area contributed by atoms with Crippen LogP contribution in [0.5, 0.6) is 0 Å². The molecule has 1 aliphatic rings. The van der Waals surface area contributed by atoms with Crippen molar-refractivity contribution in [2.75, 3.05) is 38.1 Å². The fraction of sp³-hybridized carbons (Fsp3) is 0.545. The minimum absolute atomic E-state index is 0. The zero-order valence-electron chi connectivity index (χ0n) is 11.0. The van der Waals surface area contributed by atoms with Crippen LogP contribution in [-0.2, 0) is 0 Å². The van der Waals surface area contributed by atoms with Gasteiger partial charge in [-0.1, -0.05) is 0 Å². The van der Waals surface area contributed by atoms with E-state index in [-0.39, 0.29) is 56.9 Å². The van der Waals surface area contributed by atoms with Gasteiger partial charge in [-0.3, -0.25) is 0 Å². The van der Waals surface area contributed by atoms with Crippen molar-refractivity contribution in [3.63, 3.8) is 0 Å². The van der Waals surface area contributed by atoms with Crippen molar-refractivity contribution in [3.8, 4) is 0 Å². The molecule has 92 valence electrons. The van der Waals surface area contributed by atoms with Gasteiger partial charge in [-0.2, -0.15) is 0 Å². The second-order valence-electron chi connectivity index (χ2n) is 4.25. The molecule has 0 saturated carbocycles. The smallest absolute Gasteiger partial charge is 0.545 e. The first-order valence-electron chi connectivity index (χ1n) is 5.56. The molecule has 1 aromatic rings. The third-order valence-corrected chi connectivity index (χ3v) is 2.97. The van der Waals surface area contributed by atoms with Crippen LogP contribution in [0.25, 0.3) is 0 Å². The summed E-state index contributed by atoms with van der Waals surface area (Å²) in [5, 5.41) is 10.7. The van der Waals surface area contributed by atoms with E-state index in [1.54, 1.807) is 6.92 Å². The van der Waals surface area contributed by atoms with Gasteiger partial charge >= 0.3 is 51.4 Å². The fourth-order valence-corrected chi connectivity index (χ4v) is 1.81. The van der Waals surface area contributed by atoms with Crippen LogP contribution in [0.4, 0.5) is 5.95 Å². The van der Waals surface area contributed by atoms with Crippen LogP contribution >= 0.6 is 0 Å². The predicted molar refractivity (Wildman–Crippen MR) is 60.8 cm³/mol. The molecule has 0 bridgehead atoms. The van der Waals surface area contributed by atoms with Crippen molar-refractivity contribution >= 4 is 11.9 Å². The number of aromatic nitrogens is 2. The third-order valence-electron chi connectivity index (χ3n) is 2.97. The minimum Gasteiger partial charge on any atom is -0.545 e. The van der Waals surface area contributed by atoms with E-state index in [1.807, 2.05) is 0 Å². The molecule has 0 radical (unpaired) electrons. The molecule has 1 aromatic heterocycles.